The van der Waals surface area contributed by atoms with Crippen molar-refractivity contribution in [2.45, 2.75) is 32.3 Å². The Morgan fingerprint density at radius 1 is 1.23 bits per heavy atom. The predicted octanol–water partition coefficient (Wildman–Crippen LogP) is 4.26. The zero-order valence-electron chi connectivity index (χ0n) is 14.6. The highest BCUT2D eigenvalue weighted by Gasteiger charge is 2.22. The van der Waals surface area contributed by atoms with Crippen LogP contribution in [0.5, 0.6) is 5.75 Å². The van der Waals surface area contributed by atoms with E-state index in [4.69, 9.17) is 16.3 Å². The molecule has 0 aliphatic carbocycles. The highest BCUT2D eigenvalue weighted by atomic mass is 35.5. The second-order valence-corrected chi connectivity index (χ2v) is 6.54. The minimum atomic E-state index is -0.644. The van der Waals surface area contributed by atoms with Crippen LogP contribution in [-0.2, 0) is 9.59 Å². The van der Waals surface area contributed by atoms with E-state index in [0.717, 1.165) is 18.7 Å². The Bertz CT molecular complexity index is 792. The van der Waals surface area contributed by atoms with Crippen molar-refractivity contribution in [3.63, 3.8) is 0 Å². The Morgan fingerprint density at radius 2 is 1.96 bits per heavy atom. The summed E-state index contributed by atoms with van der Waals surface area (Å²) in [6.07, 6.45) is 1.34. The van der Waals surface area contributed by atoms with Crippen LogP contribution in [0.15, 0.2) is 48.5 Å². The fourth-order valence-corrected chi connectivity index (χ4v) is 3.06. The molecule has 2 amide bonds. The zero-order chi connectivity index (χ0) is 18.5. The van der Waals surface area contributed by atoms with Crippen molar-refractivity contribution in [3.8, 4) is 5.75 Å². The monoisotopic (exact) mass is 372 g/mol. The average molecular weight is 373 g/mol. The average Bonchev–Trinajstić information content (AvgIpc) is 3.07. The van der Waals surface area contributed by atoms with Crippen molar-refractivity contribution in [1.29, 1.82) is 0 Å². The molecule has 1 aliphatic rings. The largest absolute Gasteiger partial charge is 0.479 e. The fraction of sp³-hybridized carbons (Fsp3) is 0.300. The number of amides is 2. The van der Waals surface area contributed by atoms with Crippen LogP contribution in [0.3, 0.4) is 0 Å². The maximum atomic E-state index is 12.5. The van der Waals surface area contributed by atoms with E-state index in [2.05, 4.69) is 5.32 Å². The SMILES string of the molecule is CC[C@H](Oc1ccccc1Cl)C(=O)Nc1ccc(N2CCCC2=O)cc1. The Hall–Kier alpha value is -2.53. The summed E-state index contributed by atoms with van der Waals surface area (Å²) in [5, 5.41) is 3.32. The van der Waals surface area contributed by atoms with Gasteiger partial charge in [-0.1, -0.05) is 30.7 Å². The Morgan fingerprint density at radius 3 is 2.58 bits per heavy atom. The van der Waals surface area contributed by atoms with Crippen LogP contribution < -0.4 is 15.0 Å². The summed E-state index contributed by atoms with van der Waals surface area (Å²) in [5.41, 5.74) is 1.51. The lowest BCUT2D eigenvalue weighted by Gasteiger charge is -2.19. The first kappa shape index (κ1) is 18.3. The van der Waals surface area contributed by atoms with Crippen LogP contribution in [0, 0.1) is 0 Å². The third kappa shape index (κ3) is 4.17. The van der Waals surface area contributed by atoms with E-state index in [9.17, 15) is 9.59 Å². The number of ether oxygens (including phenoxy) is 1. The number of rotatable bonds is 6. The van der Waals surface area contributed by atoms with Crippen molar-refractivity contribution in [1.82, 2.24) is 0 Å². The maximum Gasteiger partial charge on any atom is 0.265 e. The molecule has 1 saturated heterocycles. The zero-order valence-corrected chi connectivity index (χ0v) is 15.3. The first-order chi connectivity index (χ1) is 12.6. The molecule has 26 heavy (non-hydrogen) atoms. The highest BCUT2D eigenvalue weighted by Crippen LogP contribution is 2.26. The molecular weight excluding hydrogens is 352 g/mol. The van der Waals surface area contributed by atoms with Gasteiger partial charge in [-0.3, -0.25) is 9.59 Å². The summed E-state index contributed by atoms with van der Waals surface area (Å²) in [4.78, 5) is 26.1. The minimum Gasteiger partial charge on any atom is -0.479 e. The number of halogens is 1. The number of carbonyl (C=O) groups is 2. The molecule has 5 nitrogen and oxygen atoms in total. The van der Waals surface area contributed by atoms with Gasteiger partial charge in [0.15, 0.2) is 6.10 Å². The number of benzene rings is 2. The van der Waals surface area contributed by atoms with Gasteiger partial charge in [0, 0.05) is 24.3 Å². The second kappa shape index (κ2) is 8.23. The predicted molar refractivity (Wildman–Crippen MR) is 103 cm³/mol. The van der Waals surface area contributed by atoms with Gasteiger partial charge in [0.1, 0.15) is 5.75 Å². The lowest BCUT2D eigenvalue weighted by molar-refractivity contribution is -0.122. The van der Waals surface area contributed by atoms with Crippen LogP contribution in [0.2, 0.25) is 5.02 Å². The van der Waals surface area contributed by atoms with Gasteiger partial charge in [0.2, 0.25) is 5.91 Å². The molecule has 0 aromatic heterocycles. The van der Waals surface area contributed by atoms with Crippen LogP contribution in [-0.4, -0.2) is 24.5 Å². The normalized spacial score (nSPS) is 15.0. The van der Waals surface area contributed by atoms with Gasteiger partial charge in [-0.05, 0) is 49.2 Å². The fourth-order valence-electron chi connectivity index (χ4n) is 2.88. The maximum absolute atomic E-state index is 12.5. The number of hydrogen-bond donors (Lipinski definition) is 1. The number of anilines is 2. The van der Waals surface area contributed by atoms with Crippen molar-refractivity contribution >= 4 is 34.8 Å². The summed E-state index contributed by atoms with van der Waals surface area (Å²) in [7, 11) is 0. The molecule has 1 heterocycles. The lowest BCUT2D eigenvalue weighted by Crippen LogP contribution is -2.32. The molecule has 1 aliphatic heterocycles. The Labute approximate surface area is 157 Å². The molecule has 1 atom stereocenters. The molecule has 1 N–H and O–H groups in total. The smallest absolute Gasteiger partial charge is 0.265 e. The van der Waals surface area contributed by atoms with Gasteiger partial charge >= 0.3 is 0 Å². The van der Waals surface area contributed by atoms with E-state index < -0.39 is 6.10 Å². The summed E-state index contributed by atoms with van der Waals surface area (Å²) >= 11 is 6.09. The molecule has 2 aromatic rings. The van der Waals surface area contributed by atoms with E-state index in [1.165, 1.54) is 0 Å². The van der Waals surface area contributed by atoms with Crippen molar-refractivity contribution in [3.05, 3.63) is 53.6 Å². The van der Waals surface area contributed by atoms with Crippen molar-refractivity contribution in [2.24, 2.45) is 0 Å². The van der Waals surface area contributed by atoms with Crippen LogP contribution in [0.1, 0.15) is 26.2 Å². The molecule has 3 rings (SSSR count). The summed E-state index contributed by atoms with van der Waals surface area (Å²) in [6, 6.07) is 14.3. The van der Waals surface area contributed by atoms with E-state index in [1.54, 1.807) is 29.2 Å². The third-order valence-corrected chi connectivity index (χ3v) is 4.60. The van der Waals surface area contributed by atoms with E-state index >= 15 is 0 Å². The number of para-hydroxylation sites is 1. The molecule has 0 bridgehead atoms. The van der Waals surface area contributed by atoms with Crippen LogP contribution in [0.25, 0.3) is 0 Å². The lowest BCUT2D eigenvalue weighted by atomic mass is 10.2. The van der Waals surface area contributed by atoms with Gasteiger partial charge in [0.05, 0.1) is 5.02 Å². The molecule has 0 unspecified atom stereocenters. The van der Waals surface area contributed by atoms with Gasteiger partial charge in [0.25, 0.3) is 5.91 Å². The quantitative estimate of drug-likeness (QED) is 0.824. The van der Waals surface area contributed by atoms with E-state index in [-0.39, 0.29) is 11.8 Å². The number of hydrogen-bond acceptors (Lipinski definition) is 3. The molecule has 1 fully saturated rings. The molecule has 0 saturated carbocycles. The van der Waals surface area contributed by atoms with Gasteiger partial charge in [-0.2, -0.15) is 0 Å². The number of carbonyl (C=O) groups excluding carboxylic acids is 2. The first-order valence-corrected chi connectivity index (χ1v) is 9.08. The second-order valence-electron chi connectivity index (χ2n) is 6.13. The Kier molecular flexibility index (Phi) is 5.78. The van der Waals surface area contributed by atoms with Gasteiger partial charge in [-0.15, -0.1) is 0 Å². The summed E-state index contributed by atoms with van der Waals surface area (Å²) in [5.74, 6) is 0.387. The molecular formula is C20H21ClN2O3. The summed E-state index contributed by atoms with van der Waals surface area (Å²) < 4.78 is 5.75. The standard InChI is InChI=1S/C20H21ClN2O3/c1-2-17(26-18-7-4-3-6-16(18)21)20(25)22-14-9-11-15(12-10-14)23-13-5-8-19(23)24/h3-4,6-7,9-12,17H,2,5,8,13H2,1H3,(H,22,25)/t17-/m0/s1. The van der Waals surface area contributed by atoms with E-state index in [0.29, 0.717) is 29.3 Å². The van der Waals surface area contributed by atoms with E-state index in [1.807, 2.05) is 31.2 Å². The number of nitrogens with zero attached hydrogens (tertiary/aromatic N) is 1. The van der Waals surface area contributed by atoms with Gasteiger partial charge in [-0.25, -0.2) is 0 Å². The van der Waals surface area contributed by atoms with Crippen molar-refractivity contribution in [2.75, 3.05) is 16.8 Å². The van der Waals surface area contributed by atoms with Gasteiger partial charge < -0.3 is 15.0 Å². The first-order valence-electron chi connectivity index (χ1n) is 8.71. The third-order valence-electron chi connectivity index (χ3n) is 4.29. The Balaban J connectivity index is 1.64. The summed E-state index contributed by atoms with van der Waals surface area (Å²) in [6.45, 7) is 2.62. The molecule has 136 valence electrons. The molecule has 2 aromatic carbocycles. The van der Waals surface area contributed by atoms with Crippen LogP contribution in [0.4, 0.5) is 11.4 Å². The number of nitrogens with one attached hydrogen (secondary N) is 1. The molecule has 0 spiro atoms. The van der Waals surface area contributed by atoms with Crippen LogP contribution >= 0.6 is 11.6 Å². The minimum absolute atomic E-state index is 0.140. The van der Waals surface area contributed by atoms with Crippen molar-refractivity contribution < 1.29 is 14.3 Å². The topological polar surface area (TPSA) is 58.6 Å². The molecule has 6 heteroatoms. The highest BCUT2D eigenvalue weighted by molar-refractivity contribution is 6.32. The molecule has 0 radical (unpaired) electrons.